The van der Waals surface area contributed by atoms with Crippen LogP contribution in [-0.4, -0.2) is 5.11 Å². The van der Waals surface area contributed by atoms with Crippen LogP contribution < -0.4 is 0 Å². The van der Waals surface area contributed by atoms with Gasteiger partial charge >= 0.3 is 0 Å². The summed E-state index contributed by atoms with van der Waals surface area (Å²) >= 11 is 0. The molecule has 1 nitrogen and oxygen atoms in total. The van der Waals surface area contributed by atoms with E-state index in [9.17, 15) is 5.11 Å². The highest BCUT2D eigenvalue weighted by Crippen LogP contribution is 2.32. The van der Waals surface area contributed by atoms with Crippen LogP contribution in [0.5, 0.6) is 5.75 Å². The van der Waals surface area contributed by atoms with Crippen molar-refractivity contribution >= 4 is 0 Å². The molecule has 0 heterocycles. The van der Waals surface area contributed by atoms with Gasteiger partial charge in [-0.25, -0.2) is 0 Å². The first-order chi connectivity index (χ1) is 7.61. The monoisotopic (exact) mass is 212 g/mol. The SMILES string of the molecule is Cc1cccc(-c2cccc(O)c2C)c1C. The molecule has 0 aliphatic carbocycles. The summed E-state index contributed by atoms with van der Waals surface area (Å²) in [6.07, 6.45) is 0. The molecule has 0 aliphatic heterocycles. The fraction of sp³-hybridized carbons (Fsp3) is 0.200. The largest absolute Gasteiger partial charge is 0.508 e. The molecule has 16 heavy (non-hydrogen) atoms. The van der Waals surface area contributed by atoms with Crippen molar-refractivity contribution in [1.82, 2.24) is 0 Å². The molecule has 0 unspecified atom stereocenters. The molecule has 0 atom stereocenters. The Bertz CT molecular complexity index is 477. The van der Waals surface area contributed by atoms with Crippen LogP contribution in [0.1, 0.15) is 16.7 Å². The van der Waals surface area contributed by atoms with Gasteiger partial charge in [-0.05, 0) is 54.7 Å². The molecule has 2 aromatic rings. The lowest BCUT2D eigenvalue weighted by Gasteiger charge is -2.12. The first-order valence-electron chi connectivity index (χ1n) is 5.46. The van der Waals surface area contributed by atoms with Crippen molar-refractivity contribution in [3.05, 3.63) is 53.1 Å². The Morgan fingerprint density at radius 1 is 0.750 bits per heavy atom. The number of aryl methyl sites for hydroxylation is 1. The Morgan fingerprint density at radius 3 is 2.00 bits per heavy atom. The minimum absolute atomic E-state index is 0.360. The van der Waals surface area contributed by atoms with E-state index in [1.165, 1.54) is 16.7 Å². The van der Waals surface area contributed by atoms with Gasteiger partial charge in [-0.15, -0.1) is 0 Å². The summed E-state index contributed by atoms with van der Waals surface area (Å²) in [5.74, 6) is 0.360. The van der Waals surface area contributed by atoms with Crippen molar-refractivity contribution in [3.63, 3.8) is 0 Å². The third-order valence-corrected chi connectivity index (χ3v) is 3.20. The highest BCUT2D eigenvalue weighted by atomic mass is 16.3. The lowest BCUT2D eigenvalue weighted by molar-refractivity contribution is 0.471. The molecular weight excluding hydrogens is 196 g/mol. The highest BCUT2D eigenvalue weighted by Gasteiger charge is 2.08. The van der Waals surface area contributed by atoms with Gasteiger partial charge in [0.1, 0.15) is 5.75 Å². The third-order valence-electron chi connectivity index (χ3n) is 3.20. The normalized spacial score (nSPS) is 10.4. The molecule has 0 radical (unpaired) electrons. The number of rotatable bonds is 1. The molecule has 82 valence electrons. The van der Waals surface area contributed by atoms with E-state index in [2.05, 4.69) is 38.1 Å². The smallest absolute Gasteiger partial charge is 0.119 e. The van der Waals surface area contributed by atoms with Gasteiger partial charge in [0.15, 0.2) is 0 Å². The number of phenolic OH excluding ortho intramolecular Hbond substituents is 1. The number of aromatic hydroxyl groups is 1. The van der Waals surface area contributed by atoms with Crippen LogP contribution in [0.3, 0.4) is 0 Å². The van der Waals surface area contributed by atoms with Crippen LogP contribution in [0.25, 0.3) is 11.1 Å². The molecule has 0 aromatic heterocycles. The molecule has 0 saturated heterocycles. The van der Waals surface area contributed by atoms with Gasteiger partial charge in [-0.3, -0.25) is 0 Å². The Morgan fingerprint density at radius 2 is 1.31 bits per heavy atom. The van der Waals surface area contributed by atoms with Gasteiger partial charge in [0.2, 0.25) is 0 Å². The summed E-state index contributed by atoms with van der Waals surface area (Å²) in [5.41, 5.74) is 5.81. The first-order valence-corrected chi connectivity index (χ1v) is 5.46. The molecule has 0 bridgehead atoms. The topological polar surface area (TPSA) is 20.2 Å². The number of benzene rings is 2. The van der Waals surface area contributed by atoms with Crippen LogP contribution in [0.15, 0.2) is 36.4 Å². The van der Waals surface area contributed by atoms with E-state index < -0.39 is 0 Å². The fourth-order valence-electron chi connectivity index (χ4n) is 1.96. The van der Waals surface area contributed by atoms with Crippen molar-refractivity contribution < 1.29 is 5.11 Å². The molecule has 0 spiro atoms. The maximum Gasteiger partial charge on any atom is 0.119 e. The van der Waals surface area contributed by atoms with Crippen molar-refractivity contribution in [3.8, 4) is 16.9 Å². The molecule has 2 rings (SSSR count). The minimum Gasteiger partial charge on any atom is -0.508 e. The lowest BCUT2D eigenvalue weighted by Crippen LogP contribution is -1.89. The average molecular weight is 212 g/mol. The maximum atomic E-state index is 9.72. The molecule has 0 saturated carbocycles. The van der Waals surface area contributed by atoms with Gasteiger partial charge in [0, 0.05) is 0 Å². The number of hydrogen-bond acceptors (Lipinski definition) is 1. The van der Waals surface area contributed by atoms with Gasteiger partial charge in [0.05, 0.1) is 0 Å². The predicted molar refractivity (Wildman–Crippen MR) is 67.8 cm³/mol. The van der Waals surface area contributed by atoms with Crippen LogP contribution >= 0.6 is 0 Å². The maximum absolute atomic E-state index is 9.72. The summed E-state index contributed by atoms with van der Waals surface area (Å²) < 4.78 is 0. The minimum atomic E-state index is 0.360. The predicted octanol–water partition coefficient (Wildman–Crippen LogP) is 3.98. The molecule has 0 aliphatic rings. The van der Waals surface area contributed by atoms with Crippen molar-refractivity contribution in [2.24, 2.45) is 0 Å². The van der Waals surface area contributed by atoms with E-state index in [1.54, 1.807) is 6.07 Å². The average Bonchev–Trinajstić information content (AvgIpc) is 2.27. The van der Waals surface area contributed by atoms with Crippen molar-refractivity contribution in [1.29, 1.82) is 0 Å². The van der Waals surface area contributed by atoms with E-state index in [0.717, 1.165) is 11.1 Å². The zero-order chi connectivity index (χ0) is 11.7. The van der Waals surface area contributed by atoms with Crippen molar-refractivity contribution in [2.45, 2.75) is 20.8 Å². The lowest BCUT2D eigenvalue weighted by atomic mass is 9.94. The van der Waals surface area contributed by atoms with E-state index >= 15 is 0 Å². The Hall–Kier alpha value is -1.76. The number of phenols is 1. The van der Waals surface area contributed by atoms with Crippen LogP contribution in [0.2, 0.25) is 0 Å². The Balaban J connectivity index is 2.68. The zero-order valence-corrected chi connectivity index (χ0v) is 9.91. The summed E-state index contributed by atoms with van der Waals surface area (Å²) in [6, 6.07) is 11.9. The summed E-state index contributed by atoms with van der Waals surface area (Å²) in [7, 11) is 0. The number of hydrogen-bond donors (Lipinski definition) is 1. The third kappa shape index (κ3) is 1.69. The van der Waals surface area contributed by atoms with Crippen molar-refractivity contribution in [2.75, 3.05) is 0 Å². The summed E-state index contributed by atoms with van der Waals surface area (Å²) in [5, 5.41) is 9.72. The molecule has 0 amide bonds. The quantitative estimate of drug-likeness (QED) is 0.758. The van der Waals surface area contributed by atoms with Gasteiger partial charge in [-0.1, -0.05) is 30.3 Å². The second-order valence-corrected chi connectivity index (χ2v) is 4.20. The zero-order valence-electron chi connectivity index (χ0n) is 9.91. The van der Waals surface area contributed by atoms with Gasteiger partial charge < -0.3 is 5.11 Å². The fourth-order valence-corrected chi connectivity index (χ4v) is 1.96. The first kappa shape index (κ1) is 10.7. The molecule has 1 N–H and O–H groups in total. The summed E-state index contributed by atoms with van der Waals surface area (Å²) in [6.45, 7) is 6.18. The van der Waals surface area contributed by atoms with Gasteiger partial charge in [0.25, 0.3) is 0 Å². The Labute approximate surface area is 96.4 Å². The van der Waals surface area contributed by atoms with Crippen LogP contribution in [0, 0.1) is 20.8 Å². The van der Waals surface area contributed by atoms with E-state index in [1.807, 2.05) is 13.0 Å². The molecule has 2 aromatic carbocycles. The van der Waals surface area contributed by atoms with E-state index in [-0.39, 0.29) is 0 Å². The molecular formula is C15H16O. The second kappa shape index (κ2) is 4.01. The highest BCUT2D eigenvalue weighted by molar-refractivity contribution is 5.73. The summed E-state index contributed by atoms with van der Waals surface area (Å²) in [4.78, 5) is 0. The second-order valence-electron chi connectivity index (χ2n) is 4.20. The standard InChI is InChI=1S/C15H16O/c1-10-6-4-7-13(11(10)2)14-8-5-9-15(16)12(14)3/h4-9,16H,1-3H3. The Kier molecular flexibility index (Phi) is 2.69. The van der Waals surface area contributed by atoms with Crippen LogP contribution in [-0.2, 0) is 0 Å². The van der Waals surface area contributed by atoms with Gasteiger partial charge in [-0.2, -0.15) is 0 Å². The van der Waals surface area contributed by atoms with E-state index in [4.69, 9.17) is 0 Å². The molecule has 0 fully saturated rings. The molecule has 1 heteroatoms. The van der Waals surface area contributed by atoms with Crippen LogP contribution in [0.4, 0.5) is 0 Å². The van der Waals surface area contributed by atoms with E-state index in [0.29, 0.717) is 5.75 Å².